The Morgan fingerprint density at radius 2 is 2.13 bits per heavy atom. The van der Waals surface area contributed by atoms with Gasteiger partial charge in [0.25, 0.3) is 0 Å². The van der Waals surface area contributed by atoms with Crippen LogP contribution in [0.25, 0.3) is 0 Å². The molecule has 1 aromatic rings. The minimum Gasteiger partial charge on any atom is -0.313 e. The lowest BCUT2D eigenvalue weighted by atomic mass is 9.99. The summed E-state index contributed by atoms with van der Waals surface area (Å²) in [4.78, 5) is 0. The number of rotatable bonds is 3. The number of hydrogen-bond acceptors (Lipinski definition) is 2. The smallest absolute Gasteiger partial charge is 0.0371 e. The standard InChI is InChI=1S/C12H16BrNS/c1-14-12(9-5-15-6-10(9)13)11-7-3-2-4-8(7)11/h5-8,11-12,14H,2-4H2,1H3. The fourth-order valence-electron chi connectivity index (χ4n) is 3.44. The van der Waals surface area contributed by atoms with Gasteiger partial charge in [0.2, 0.25) is 0 Å². The lowest BCUT2D eigenvalue weighted by Crippen LogP contribution is -2.20. The van der Waals surface area contributed by atoms with E-state index in [2.05, 4.69) is 39.1 Å². The second kappa shape index (κ2) is 3.86. The fourth-order valence-corrected chi connectivity index (χ4v) is 5.02. The van der Waals surface area contributed by atoms with Crippen molar-refractivity contribution in [3.63, 3.8) is 0 Å². The highest BCUT2D eigenvalue weighted by molar-refractivity contribution is 9.10. The highest BCUT2D eigenvalue weighted by Gasteiger charge is 2.56. The Morgan fingerprint density at radius 3 is 2.67 bits per heavy atom. The minimum atomic E-state index is 0.584. The zero-order valence-corrected chi connectivity index (χ0v) is 11.3. The third-order valence-corrected chi connectivity index (χ3v) is 5.90. The van der Waals surface area contributed by atoms with E-state index in [9.17, 15) is 0 Å². The van der Waals surface area contributed by atoms with Crippen LogP contribution in [0.1, 0.15) is 30.9 Å². The molecule has 3 unspecified atom stereocenters. The minimum absolute atomic E-state index is 0.584. The van der Waals surface area contributed by atoms with Crippen LogP contribution >= 0.6 is 27.3 Å². The molecule has 82 valence electrons. The molecule has 0 saturated heterocycles. The molecule has 2 aliphatic rings. The summed E-state index contributed by atoms with van der Waals surface area (Å²) in [6.45, 7) is 0. The molecule has 3 rings (SSSR count). The van der Waals surface area contributed by atoms with Crippen molar-refractivity contribution in [2.24, 2.45) is 17.8 Å². The van der Waals surface area contributed by atoms with E-state index >= 15 is 0 Å². The third kappa shape index (κ3) is 1.60. The molecule has 2 saturated carbocycles. The highest BCUT2D eigenvalue weighted by Crippen LogP contribution is 2.62. The molecular weight excluding hydrogens is 270 g/mol. The van der Waals surface area contributed by atoms with Gasteiger partial charge in [0, 0.05) is 15.9 Å². The molecule has 0 aliphatic heterocycles. The van der Waals surface area contributed by atoms with Gasteiger partial charge in [-0.1, -0.05) is 6.42 Å². The Bertz CT molecular complexity index is 352. The average molecular weight is 286 g/mol. The molecule has 0 aromatic carbocycles. The molecule has 2 aliphatic carbocycles. The second-order valence-electron chi connectivity index (χ2n) is 4.78. The predicted molar refractivity (Wildman–Crippen MR) is 68.1 cm³/mol. The predicted octanol–water partition coefficient (Wildman–Crippen LogP) is 3.82. The summed E-state index contributed by atoms with van der Waals surface area (Å²) in [6.07, 6.45) is 4.40. The lowest BCUT2D eigenvalue weighted by molar-refractivity contribution is 0.444. The van der Waals surface area contributed by atoms with Crippen LogP contribution < -0.4 is 5.32 Å². The topological polar surface area (TPSA) is 12.0 Å². The summed E-state index contributed by atoms with van der Waals surface area (Å²) >= 11 is 5.45. The number of halogens is 1. The van der Waals surface area contributed by atoms with E-state index in [0.717, 1.165) is 17.8 Å². The molecule has 0 spiro atoms. The summed E-state index contributed by atoms with van der Waals surface area (Å²) < 4.78 is 1.29. The first-order chi connectivity index (χ1) is 7.33. The van der Waals surface area contributed by atoms with Crippen molar-refractivity contribution >= 4 is 27.3 Å². The van der Waals surface area contributed by atoms with Crippen LogP contribution in [-0.4, -0.2) is 7.05 Å². The molecular formula is C12H16BrNS. The molecule has 2 fully saturated rings. The molecule has 3 atom stereocenters. The maximum Gasteiger partial charge on any atom is 0.0371 e. The summed E-state index contributed by atoms with van der Waals surface area (Å²) in [5.74, 6) is 2.96. The second-order valence-corrected chi connectivity index (χ2v) is 6.38. The summed E-state index contributed by atoms with van der Waals surface area (Å²) in [7, 11) is 2.10. The van der Waals surface area contributed by atoms with Crippen LogP contribution in [0.15, 0.2) is 15.2 Å². The summed E-state index contributed by atoms with van der Waals surface area (Å²) in [5.41, 5.74) is 1.47. The molecule has 1 aromatic heterocycles. The van der Waals surface area contributed by atoms with Crippen LogP contribution in [0.3, 0.4) is 0 Å². The van der Waals surface area contributed by atoms with Crippen LogP contribution in [0.5, 0.6) is 0 Å². The number of thiophene rings is 1. The maximum atomic E-state index is 3.65. The maximum absolute atomic E-state index is 3.65. The Morgan fingerprint density at radius 1 is 1.40 bits per heavy atom. The monoisotopic (exact) mass is 285 g/mol. The van der Waals surface area contributed by atoms with E-state index in [1.54, 1.807) is 11.3 Å². The van der Waals surface area contributed by atoms with E-state index in [1.165, 1.54) is 29.3 Å². The van der Waals surface area contributed by atoms with Crippen molar-refractivity contribution in [1.82, 2.24) is 5.32 Å². The van der Waals surface area contributed by atoms with Crippen LogP contribution in [0.2, 0.25) is 0 Å². The molecule has 0 radical (unpaired) electrons. The molecule has 1 heterocycles. The number of nitrogens with one attached hydrogen (secondary N) is 1. The van der Waals surface area contributed by atoms with E-state index in [0.29, 0.717) is 6.04 Å². The molecule has 1 nitrogen and oxygen atoms in total. The van der Waals surface area contributed by atoms with Crippen molar-refractivity contribution in [3.8, 4) is 0 Å². The van der Waals surface area contributed by atoms with Gasteiger partial charge in [0.05, 0.1) is 0 Å². The first kappa shape index (κ1) is 10.3. The van der Waals surface area contributed by atoms with Gasteiger partial charge in [-0.05, 0) is 64.5 Å². The SMILES string of the molecule is CNC(c1cscc1Br)C1C2CCCC21. The Balaban J connectivity index is 1.81. The van der Waals surface area contributed by atoms with E-state index < -0.39 is 0 Å². The lowest BCUT2D eigenvalue weighted by Gasteiger charge is -2.17. The van der Waals surface area contributed by atoms with Crippen LogP contribution in [-0.2, 0) is 0 Å². The van der Waals surface area contributed by atoms with Crippen molar-refractivity contribution in [2.45, 2.75) is 25.3 Å². The van der Waals surface area contributed by atoms with E-state index in [4.69, 9.17) is 0 Å². The third-order valence-electron chi connectivity index (χ3n) is 4.15. The van der Waals surface area contributed by atoms with Gasteiger partial charge < -0.3 is 5.32 Å². The zero-order chi connectivity index (χ0) is 10.4. The van der Waals surface area contributed by atoms with Crippen molar-refractivity contribution in [2.75, 3.05) is 7.05 Å². The summed E-state index contributed by atoms with van der Waals surface area (Å²) in [5, 5.41) is 8.00. The Hall–Kier alpha value is 0.140. The van der Waals surface area contributed by atoms with Gasteiger partial charge in [0.15, 0.2) is 0 Å². The Kier molecular flexibility index (Phi) is 2.65. The average Bonchev–Trinajstić information content (AvgIpc) is 2.66. The summed E-state index contributed by atoms with van der Waals surface area (Å²) in [6, 6.07) is 0.584. The van der Waals surface area contributed by atoms with E-state index in [-0.39, 0.29) is 0 Å². The molecule has 1 N–H and O–H groups in total. The van der Waals surface area contributed by atoms with Crippen molar-refractivity contribution in [3.05, 3.63) is 20.8 Å². The highest BCUT2D eigenvalue weighted by atomic mass is 79.9. The van der Waals surface area contributed by atoms with Gasteiger partial charge in [-0.3, -0.25) is 0 Å². The van der Waals surface area contributed by atoms with Gasteiger partial charge in [-0.2, -0.15) is 11.3 Å². The van der Waals surface area contributed by atoms with Crippen molar-refractivity contribution < 1.29 is 0 Å². The van der Waals surface area contributed by atoms with Crippen molar-refractivity contribution in [1.29, 1.82) is 0 Å². The zero-order valence-electron chi connectivity index (χ0n) is 8.87. The first-order valence-electron chi connectivity index (χ1n) is 5.71. The van der Waals surface area contributed by atoms with Gasteiger partial charge in [-0.15, -0.1) is 0 Å². The molecule has 3 heteroatoms. The number of fused-ring (bicyclic) bond motifs is 1. The van der Waals surface area contributed by atoms with Crippen LogP contribution in [0.4, 0.5) is 0 Å². The normalized spacial score (nSPS) is 35.2. The first-order valence-corrected chi connectivity index (χ1v) is 7.45. The largest absolute Gasteiger partial charge is 0.313 e. The van der Waals surface area contributed by atoms with E-state index in [1.807, 2.05) is 0 Å². The quantitative estimate of drug-likeness (QED) is 0.890. The van der Waals surface area contributed by atoms with Gasteiger partial charge in [0.1, 0.15) is 0 Å². The van der Waals surface area contributed by atoms with Gasteiger partial charge in [-0.25, -0.2) is 0 Å². The molecule has 15 heavy (non-hydrogen) atoms. The molecule has 0 amide bonds. The molecule has 0 bridgehead atoms. The number of hydrogen-bond donors (Lipinski definition) is 1. The van der Waals surface area contributed by atoms with Crippen LogP contribution in [0, 0.1) is 17.8 Å². The fraction of sp³-hybridized carbons (Fsp3) is 0.667. The van der Waals surface area contributed by atoms with Gasteiger partial charge >= 0.3 is 0 Å². The Labute approximate surface area is 103 Å².